The molecule has 5 aromatic carbocycles. The van der Waals surface area contributed by atoms with Gasteiger partial charge in [-0.15, -0.1) is 0 Å². The van der Waals surface area contributed by atoms with Crippen molar-refractivity contribution in [2.24, 2.45) is 0 Å². The maximum absolute atomic E-state index is 5.29. The monoisotopic (exact) mass is 451 g/mol. The van der Waals surface area contributed by atoms with E-state index in [0.29, 0.717) is 0 Å². The molecule has 0 aliphatic carbocycles. The van der Waals surface area contributed by atoms with Crippen LogP contribution in [0.5, 0.6) is 0 Å². The number of hydrogen-bond donors (Lipinski definition) is 1. The van der Waals surface area contributed by atoms with Gasteiger partial charge in [-0.25, -0.2) is 9.97 Å². The summed E-state index contributed by atoms with van der Waals surface area (Å²) in [4.78, 5) is 10.4. The molecule has 168 valence electrons. The highest BCUT2D eigenvalue weighted by atomic mass is 14.9. The summed E-state index contributed by atoms with van der Waals surface area (Å²) in [5.41, 5.74) is 7.41. The van der Waals surface area contributed by atoms with Gasteiger partial charge in [-0.2, -0.15) is 0 Å². The van der Waals surface area contributed by atoms with E-state index in [-0.39, 0.29) is 5.41 Å². The lowest BCUT2D eigenvalue weighted by Gasteiger charge is -2.19. The van der Waals surface area contributed by atoms with Crippen LogP contribution >= 0.6 is 0 Å². The minimum atomic E-state index is 0.127. The normalized spacial score (nSPS) is 12.4. The first-order valence-corrected chi connectivity index (χ1v) is 12.1. The van der Waals surface area contributed by atoms with E-state index in [2.05, 4.69) is 117 Å². The van der Waals surface area contributed by atoms with Crippen molar-refractivity contribution in [3.63, 3.8) is 0 Å². The third-order valence-corrected chi connectivity index (χ3v) is 7.12. The lowest BCUT2D eigenvalue weighted by molar-refractivity contribution is 0.590. The predicted octanol–water partition coefficient (Wildman–Crippen LogP) is 8.72. The van der Waals surface area contributed by atoms with E-state index in [9.17, 15) is 0 Å². The molecule has 0 bridgehead atoms. The standard InChI is InChI=1S/C32H25N3/c1-32(2,3)21-14-16-22(17-15-21)33-26-18-13-20-8-5-11-24-28(20)31(26)35-30-23-10-4-7-19-9-6-12-25(27(19)23)34-29(24)30/h4-18,33H,1-3H3. The van der Waals surface area contributed by atoms with Crippen LogP contribution in [0.3, 0.4) is 0 Å². The molecular formula is C32H25N3. The fourth-order valence-corrected chi connectivity index (χ4v) is 5.31. The summed E-state index contributed by atoms with van der Waals surface area (Å²) in [6.45, 7) is 6.72. The molecule has 3 heteroatoms. The molecule has 3 nitrogen and oxygen atoms in total. The van der Waals surface area contributed by atoms with E-state index in [1.807, 2.05) is 0 Å². The zero-order valence-electron chi connectivity index (χ0n) is 20.1. The number of aromatic nitrogens is 2. The van der Waals surface area contributed by atoms with Gasteiger partial charge in [0, 0.05) is 27.2 Å². The summed E-state index contributed by atoms with van der Waals surface area (Å²) in [5.74, 6) is 0. The minimum absolute atomic E-state index is 0.127. The first-order valence-electron chi connectivity index (χ1n) is 12.1. The number of nitrogens with zero attached hydrogens (tertiary/aromatic N) is 2. The molecule has 0 saturated carbocycles. The van der Waals surface area contributed by atoms with Gasteiger partial charge in [0.05, 0.1) is 27.8 Å². The van der Waals surface area contributed by atoms with Gasteiger partial charge >= 0.3 is 0 Å². The number of hydrogen-bond acceptors (Lipinski definition) is 3. The van der Waals surface area contributed by atoms with Crippen LogP contribution in [0.1, 0.15) is 26.3 Å². The van der Waals surface area contributed by atoms with Crippen LogP contribution in [-0.2, 0) is 5.41 Å². The quantitative estimate of drug-likeness (QED) is 0.211. The minimum Gasteiger partial charge on any atom is -0.354 e. The summed E-state index contributed by atoms with van der Waals surface area (Å²) in [6.07, 6.45) is 0. The molecule has 2 aromatic heterocycles. The Morgan fingerprint density at radius 1 is 0.571 bits per heavy atom. The molecule has 0 spiro atoms. The molecule has 1 N–H and O–H groups in total. The molecule has 0 saturated heterocycles. The Morgan fingerprint density at radius 3 is 1.91 bits per heavy atom. The van der Waals surface area contributed by atoms with Gasteiger partial charge in [0.1, 0.15) is 0 Å². The van der Waals surface area contributed by atoms with E-state index in [1.54, 1.807) is 0 Å². The molecular weight excluding hydrogens is 426 g/mol. The van der Waals surface area contributed by atoms with Crippen molar-refractivity contribution in [1.82, 2.24) is 9.97 Å². The van der Waals surface area contributed by atoms with Crippen LogP contribution in [0.15, 0.2) is 91.0 Å². The van der Waals surface area contributed by atoms with Gasteiger partial charge in [0.15, 0.2) is 0 Å². The van der Waals surface area contributed by atoms with Crippen LogP contribution < -0.4 is 5.32 Å². The first-order chi connectivity index (χ1) is 17.0. The van der Waals surface area contributed by atoms with E-state index in [0.717, 1.165) is 49.6 Å². The fourth-order valence-electron chi connectivity index (χ4n) is 5.31. The molecule has 0 aliphatic rings. The van der Waals surface area contributed by atoms with Crippen LogP contribution in [-0.4, -0.2) is 9.97 Å². The van der Waals surface area contributed by atoms with Crippen molar-refractivity contribution in [2.45, 2.75) is 26.2 Å². The highest BCUT2D eigenvalue weighted by Gasteiger charge is 2.17. The summed E-state index contributed by atoms with van der Waals surface area (Å²) in [5, 5.41) is 10.6. The summed E-state index contributed by atoms with van der Waals surface area (Å²) in [6, 6.07) is 32.3. The molecule has 2 heterocycles. The van der Waals surface area contributed by atoms with Crippen molar-refractivity contribution >= 4 is 65.8 Å². The van der Waals surface area contributed by atoms with E-state index < -0.39 is 0 Å². The Labute approximate surface area is 203 Å². The third-order valence-electron chi connectivity index (χ3n) is 7.12. The van der Waals surface area contributed by atoms with Gasteiger partial charge in [-0.05, 0) is 46.0 Å². The van der Waals surface area contributed by atoms with Crippen LogP contribution in [0.25, 0.3) is 54.4 Å². The lowest BCUT2D eigenvalue weighted by atomic mass is 9.87. The molecule has 0 aliphatic heterocycles. The Kier molecular flexibility index (Phi) is 4.11. The Hall–Kier alpha value is -4.24. The van der Waals surface area contributed by atoms with Crippen molar-refractivity contribution in [1.29, 1.82) is 0 Å². The fraction of sp³-hybridized carbons (Fsp3) is 0.125. The molecule has 7 rings (SSSR count). The van der Waals surface area contributed by atoms with Crippen molar-refractivity contribution < 1.29 is 0 Å². The van der Waals surface area contributed by atoms with E-state index in [4.69, 9.17) is 9.97 Å². The maximum atomic E-state index is 5.29. The number of benzene rings is 5. The average molecular weight is 452 g/mol. The van der Waals surface area contributed by atoms with Crippen LogP contribution in [0.4, 0.5) is 11.4 Å². The van der Waals surface area contributed by atoms with Crippen molar-refractivity contribution in [3.8, 4) is 0 Å². The first kappa shape index (κ1) is 20.2. The van der Waals surface area contributed by atoms with Crippen LogP contribution in [0, 0.1) is 0 Å². The number of pyridine rings is 2. The SMILES string of the molecule is CC(C)(C)c1ccc(Nc2ccc3cccc4c5nc6cccc7cccc(c5nc2c34)c76)cc1. The molecule has 35 heavy (non-hydrogen) atoms. The maximum Gasteiger partial charge on any atom is 0.0980 e. The number of anilines is 2. The lowest BCUT2D eigenvalue weighted by Crippen LogP contribution is -2.10. The van der Waals surface area contributed by atoms with Crippen molar-refractivity contribution in [3.05, 3.63) is 96.6 Å². The topological polar surface area (TPSA) is 37.8 Å². The predicted molar refractivity (Wildman–Crippen MR) is 149 cm³/mol. The highest BCUT2D eigenvalue weighted by Crippen LogP contribution is 2.39. The van der Waals surface area contributed by atoms with E-state index in [1.165, 1.54) is 21.7 Å². The number of rotatable bonds is 2. The second-order valence-electron chi connectivity index (χ2n) is 10.4. The second kappa shape index (κ2) is 7.13. The Balaban J connectivity index is 1.52. The third kappa shape index (κ3) is 3.05. The molecule has 0 unspecified atom stereocenters. The van der Waals surface area contributed by atoms with Crippen LogP contribution in [0.2, 0.25) is 0 Å². The molecule has 7 aromatic rings. The summed E-state index contributed by atoms with van der Waals surface area (Å²) >= 11 is 0. The summed E-state index contributed by atoms with van der Waals surface area (Å²) < 4.78 is 0. The second-order valence-corrected chi connectivity index (χ2v) is 10.4. The van der Waals surface area contributed by atoms with Gasteiger partial charge < -0.3 is 5.32 Å². The smallest absolute Gasteiger partial charge is 0.0980 e. The molecule has 0 amide bonds. The summed E-state index contributed by atoms with van der Waals surface area (Å²) in [7, 11) is 0. The average Bonchev–Trinajstić information content (AvgIpc) is 2.86. The Morgan fingerprint density at radius 2 is 1.20 bits per heavy atom. The molecule has 0 atom stereocenters. The largest absolute Gasteiger partial charge is 0.354 e. The zero-order chi connectivity index (χ0) is 23.7. The number of fused-ring (bicyclic) bond motifs is 3. The molecule has 0 fully saturated rings. The van der Waals surface area contributed by atoms with Gasteiger partial charge in [0.25, 0.3) is 0 Å². The van der Waals surface area contributed by atoms with Gasteiger partial charge in [0.2, 0.25) is 0 Å². The van der Waals surface area contributed by atoms with Gasteiger partial charge in [-0.3, -0.25) is 0 Å². The van der Waals surface area contributed by atoms with E-state index >= 15 is 0 Å². The highest BCUT2D eigenvalue weighted by molar-refractivity contribution is 6.27. The van der Waals surface area contributed by atoms with Gasteiger partial charge in [-0.1, -0.05) is 87.5 Å². The Bertz CT molecular complexity index is 1890. The zero-order valence-corrected chi connectivity index (χ0v) is 20.1. The number of nitrogens with one attached hydrogen (secondary N) is 1. The van der Waals surface area contributed by atoms with Crippen molar-refractivity contribution in [2.75, 3.05) is 5.32 Å². The molecule has 0 radical (unpaired) electrons.